The molecule has 0 aromatic heterocycles. The lowest BCUT2D eigenvalue weighted by Gasteiger charge is -2.22. The van der Waals surface area contributed by atoms with Crippen LogP contribution in [0, 0.1) is 0 Å². The lowest BCUT2D eigenvalue weighted by Crippen LogP contribution is -2.30. The number of nitrogens with zero attached hydrogens (tertiary/aromatic N) is 2. The molecule has 0 bridgehead atoms. The molecule has 1 amide bonds. The molecule has 0 N–H and O–H groups in total. The minimum Gasteiger partial charge on any atom is -0.334 e. The summed E-state index contributed by atoms with van der Waals surface area (Å²) in [7, 11) is 4.01. The minimum atomic E-state index is 0.151. The van der Waals surface area contributed by atoms with Gasteiger partial charge in [0.25, 0.3) is 5.24 Å². The zero-order chi connectivity index (χ0) is 17.3. The Labute approximate surface area is 145 Å². The minimum absolute atomic E-state index is 0.151. The largest absolute Gasteiger partial charge is 0.334 e. The number of carbonyl (C=O) groups excluding carboxylic acids is 3. The SMILES string of the molecule is CN(C)CCSC(=O)N(CCCCCC=O)CCCCCC=O. The summed E-state index contributed by atoms with van der Waals surface area (Å²) in [6, 6.07) is 0. The maximum Gasteiger partial charge on any atom is 0.281 e. The zero-order valence-electron chi connectivity index (χ0n) is 14.7. The first kappa shape index (κ1) is 22.1. The fraction of sp³-hybridized carbons (Fsp3) is 0.824. The number of hydrogen-bond acceptors (Lipinski definition) is 5. The van der Waals surface area contributed by atoms with E-state index in [-0.39, 0.29) is 5.24 Å². The van der Waals surface area contributed by atoms with Gasteiger partial charge in [-0.1, -0.05) is 24.6 Å². The number of carbonyl (C=O) groups is 3. The molecule has 0 aromatic carbocycles. The third-order valence-corrected chi connectivity index (χ3v) is 4.41. The van der Waals surface area contributed by atoms with Crippen LogP contribution in [0.1, 0.15) is 51.4 Å². The van der Waals surface area contributed by atoms with Crippen LogP contribution in [0.5, 0.6) is 0 Å². The lowest BCUT2D eigenvalue weighted by atomic mass is 10.2. The fourth-order valence-electron chi connectivity index (χ4n) is 2.12. The molecule has 0 saturated heterocycles. The van der Waals surface area contributed by atoms with Crippen molar-refractivity contribution in [2.24, 2.45) is 0 Å². The molecule has 134 valence electrons. The van der Waals surface area contributed by atoms with Gasteiger partial charge in [0, 0.05) is 38.2 Å². The fourth-order valence-corrected chi connectivity index (χ4v) is 3.11. The van der Waals surface area contributed by atoms with Gasteiger partial charge >= 0.3 is 0 Å². The van der Waals surface area contributed by atoms with Crippen molar-refractivity contribution in [2.75, 3.05) is 39.5 Å². The van der Waals surface area contributed by atoms with Crippen LogP contribution in [-0.2, 0) is 9.59 Å². The van der Waals surface area contributed by atoms with E-state index in [4.69, 9.17) is 0 Å². The second kappa shape index (κ2) is 16.0. The van der Waals surface area contributed by atoms with Crippen molar-refractivity contribution >= 4 is 29.6 Å². The van der Waals surface area contributed by atoms with E-state index in [0.29, 0.717) is 12.8 Å². The molecule has 0 aliphatic rings. The average molecular weight is 345 g/mol. The Kier molecular flexibility index (Phi) is 15.4. The van der Waals surface area contributed by atoms with Crippen LogP contribution in [0.4, 0.5) is 4.79 Å². The highest BCUT2D eigenvalue weighted by molar-refractivity contribution is 8.13. The first-order valence-corrected chi connectivity index (χ1v) is 9.54. The first-order valence-electron chi connectivity index (χ1n) is 8.55. The van der Waals surface area contributed by atoms with Gasteiger partial charge in [0.2, 0.25) is 0 Å². The van der Waals surface area contributed by atoms with Crippen molar-refractivity contribution in [3.05, 3.63) is 0 Å². The van der Waals surface area contributed by atoms with Gasteiger partial charge in [-0.3, -0.25) is 4.79 Å². The Hall–Kier alpha value is -0.880. The molecule has 0 aliphatic heterocycles. The monoisotopic (exact) mass is 344 g/mol. The van der Waals surface area contributed by atoms with E-state index in [9.17, 15) is 14.4 Å². The van der Waals surface area contributed by atoms with Gasteiger partial charge in [0.05, 0.1) is 0 Å². The summed E-state index contributed by atoms with van der Waals surface area (Å²) in [6.07, 6.45) is 8.78. The molecule has 5 nitrogen and oxygen atoms in total. The highest BCUT2D eigenvalue weighted by atomic mass is 32.2. The average Bonchev–Trinajstić information content (AvgIpc) is 2.52. The van der Waals surface area contributed by atoms with Gasteiger partial charge in [-0.05, 0) is 39.8 Å². The van der Waals surface area contributed by atoms with Crippen molar-refractivity contribution in [3.8, 4) is 0 Å². The van der Waals surface area contributed by atoms with Crippen molar-refractivity contribution in [1.82, 2.24) is 9.80 Å². The maximum absolute atomic E-state index is 12.3. The third kappa shape index (κ3) is 14.4. The summed E-state index contributed by atoms with van der Waals surface area (Å²) < 4.78 is 0. The number of aldehydes is 2. The normalized spacial score (nSPS) is 10.7. The van der Waals surface area contributed by atoms with Gasteiger partial charge in [-0.25, -0.2) is 0 Å². The third-order valence-electron chi connectivity index (χ3n) is 3.52. The van der Waals surface area contributed by atoms with Crippen molar-refractivity contribution in [3.63, 3.8) is 0 Å². The predicted molar refractivity (Wildman–Crippen MR) is 97.0 cm³/mol. The van der Waals surface area contributed by atoms with Crippen LogP contribution < -0.4 is 0 Å². The van der Waals surface area contributed by atoms with Crippen LogP contribution in [-0.4, -0.2) is 67.1 Å². The van der Waals surface area contributed by atoms with Crippen LogP contribution in [0.2, 0.25) is 0 Å². The van der Waals surface area contributed by atoms with E-state index >= 15 is 0 Å². The van der Waals surface area contributed by atoms with Gasteiger partial charge in [0.1, 0.15) is 12.6 Å². The maximum atomic E-state index is 12.3. The molecule has 0 spiro atoms. The van der Waals surface area contributed by atoms with Crippen LogP contribution in [0.3, 0.4) is 0 Å². The predicted octanol–water partition coefficient (Wildman–Crippen LogP) is 3.22. The van der Waals surface area contributed by atoms with Crippen LogP contribution in [0.25, 0.3) is 0 Å². The molecule has 0 aliphatic carbocycles. The summed E-state index contributed by atoms with van der Waals surface area (Å²) in [6.45, 7) is 2.42. The summed E-state index contributed by atoms with van der Waals surface area (Å²) in [5.41, 5.74) is 0. The highest BCUT2D eigenvalue weighted by Gasteiger charge is 2.13. The number of rotatable bonds is 15. The second-order valence-electron chi connectivity index (χ2n) is 5.94. The molecular weight excluding hydrogens is 312 g/mol. The van der Waals surface area contributed by atoms with E-state index in [1.54, 1.807) is 0 Å². The van der Waals surface area contributed by atoms with E-state index in [1.807, 2.05) is 19.0 Å². The Morgan fingerprint density at radius 1 is 0.826 bits per heavy atom. The van der Waals surface area contributed by atoms with Crippen LogP contribution >= 0.6 is 11.8 Å². The molecule has 0 saturated carbocycles. The molecule has 0 aromatic rings. The molecule has 23 heavy (non-hydrogen) atoms. The van der Waals surface area contributed by atoms with Crippen LogP contribution in [0.15, 0.2) is 0 Å². The number of thioether (sulfide) groups is 1. The quantitative estimate of drug-likeness (QED) is 0.337. The Bertz CT molecular complexity index is 307. The van der Waals surface area contributed by atoms with Crippen molar-refractivity contribution in [2.45, 2.75) is 51.4 Å². The molecule has 0 radical (unpaired) electrons. The lowest BCUT2D eigenvalue weighted by molar-refractivity contribution is -0.108. The Balaban J connectivity index is 4.09. The molecular formula is C17H32N2O3S. The Morgan fingerprint density at radius 3 is 1.78 bits per heavy atom. The summed E-state index contributed by atoms with van der Waals surface area (Å²) in [4.78, 5) is 37.0. The first-order chi connectivity index (χ1) is 11.1. The molecule has 6 heteroatoms. The van der Waals surface area contributed by atoms with Gasteiger partial charge < -0.3 is 19.4 Å². The van der Waals surface area contributed by atoms with Gasteiger partial charge in [0.15, 0.2) is 0 Å². The second-order valence-corrected chi connectivity index (χ2v) is 6.98. The summed E-state index contributed by atoms with van der Waals surface area (Å²) >= 11 is 1.38. The summed E-state index contributed by atoms with van der Waals surface area (Å²) in [5.74, 6) is 0.804. The standard InChI is InChI=1S/C17H32N2O3S/c1-18(2)13-16-23-17(22)19(11-7-3-5-9-14-20)12-8-4-6-10-15-21/h14-15H,3-13,16H2,1-2H3. The van der Waals surface area contributed by atoms with Gasteiger partial charge in [-0.2, -0.15) is 0 Å². The van der Waals surface area contributed by atoms with E-state index in [0.717, 1.165) is 76.5 Å². The van der Waals surface area contributed by atoms with Gasteiger partial charge in [-0.15, -0.1) is 0 Å². The number of unbranched alkanes of at least 4 members (excludes halogenated alkanes) is 6. The highest BCUT2D eigenvalue weighted by Crippen LogP contribution is 2.13. The smallest absolute Gasteiger partial charge is 0.281 e. The van der Waals surface area contributed by atoms with Crippen molar-refractivity contribution in [1.29, 1.82) is 0 Å². The zero-order valence-corrected chi connectivity index (χ0v) is 15.5. The van der Waals surface area contributed by atoms with Crippen molar-refractivity contribution < 1.29 is 14.4 Å². The number of amides is 1. The molecule has 0 rings (SSSR count). The van der Waals surface area contributed by atoms with E-state index in [1.165, 1.54) is 11.8 Å². The summed E-state index contributed by atoms with van der Waals surface area (Å²) in [5, 5.41) is 0.151. The van der Waals surface area contributed by atoms with E-state index < -0.39 is 0 Å². The molecule has 0 heterocycles. The molecule has 0 atom stereocenters. The topological polar surface area (TPSA) is 57.7 Å². The molecule has 0 fully saturated rings. The molecule has 0 unspecified atom stereocenters. The van der Waals surface area contributed by atoms with E-state index in [2.05, 4.69) is 4.90 Å². The Morgan fingerprint density at radius 2 is 1.35 bits per heavy atom. The number of hydrogen-bond donors (Lipinski definition) is 0.